The van der Waals surface area contributed by atoms with Gasteiger partial charge in [-0.15, -0.1) is 0 Å². The number of phenolic OH excluding ortho intramolecular Hbond substituents is 1. The van der Waals surface area contributed by atoms with Gasteiger partial charge in [-0.25, -0.2) is 0 Å². The van der Waals surface area contributed by atoms with Crippen molar-refractivity contribution in [2.75, 3.05) is 18.5 Å². The minimum atomic E-state index is -1.74. The van der Waals surface area contributed by atoms with Crippen molar-refractivity contribution in [1.29, 1.82) is 0 Å². The number of anilines is 1. The zero-order valence-corrected chi connectivity index (χ0v) is 18.2. The van der Waals surface area contributed by atoms with E-state index in [1.807, 2.05) is 0 Å². The first-order valence-electron chi connectivity index (χ1n) is 10.3. The van der Waals surface area contributed by atoms with Gasteiger partial charge >= 0.3 is 0 Å². The Hall–Kier alpha value is -1.95. The molecule has 2 fully saturated rings. The largest absolute Gasteiger partial charge is 0.508 e. The highest BCUT2D eigenvalue weighted by molar-refractivity contribution is 5.88. The van der Waals surface area contributed by atoms with Gasteiger partial charge in [0.25, 0.3) is 0 Å². The molecule has 2 aliphatic heterocycles. The van der Waals surface area contributed by atoms with Crippen LogP contribution in [0.5, 0.6) is 5.75 Å². The van der Waals surface area contributed by atoms with Crippen LogP contribution in [0.25, 0.3) is 0 Å². The molecule has 0 radical (unpaired) electrons. The Labute approximate surface area is 194 Å². The molecule has 1 unspecified atom stereocenters. The standard InChI is InChI=1S/C12H22O11.C8H9NO2/c13-1-3-5(15)6(16)9(19)12(22-3)23-10-4(2-14)21-11(20)8(18)7(10)17;1-6(10)9-7-2-4-8(11)5-3-7/h3-20H,1-2H2;2-5,11H,1H3,(H,9,10)/t3-,4-,5+,6+,7-,8-,9-,10-,11?,12+;/m1./s1. The van der Waals surface area contributed by atoms with Gasteiger partial charge in [0.05, 0.1) is 13.2 Å². The number of phenols is 1. The smallest absolute Gasteiger partial charge is 0.221 e. The van der Waals surface area contributed by atoms with Crippen LogP contribution in [-0.4, -0.2) is 126 Å². The topological polar surface area (TPSA) is 239 Å². The summed E-state index contributed by atoms with van der Waals surface area (Å²) in [5, 5.41) is 87.9. The van der Waals surface area contributed by atoms with Crippen molar-refractivity contribution >= 4 is 11.6 Å². The maximum atomic E-state index is 10.5. The number of carbonyl (C=O) groups is 1. The number of benzene rings is 1. The lowest BCUT2D eigenvalue weighted by Gasteiger charge is -2.45. The monoisotopic (exact) mass is 493 g/mol. The van der Waals surface area contributed by atoms with Crippen LogP contribution < -0.4 is 5.32 Å². The maximum absolute atomic E-state index is 10.5. The van der Waals surface area contributed by atoms with E-state index < -0.39 is 74.6 Å². The fraction of sp³-hybridized carbons (Fsp3) is 0.650. The van der Waals surface area contributed by atoms with Crippen LogP contribution in [0.2, 0.25) is 0 Å². The van der Waals surface area contributed by atoms with E-state index in [4.69, 9.17) is 24.4 Å². The van der Waals surface area contributed by atoms with Crippen molar-refractivity contribution < 1.29 is 65.0 Å². The first kappa shape index (κ1) is 28.3. The van der Waals surface area contributed by atoms with Crippen LogP contribution in [0, 0.1) is 0 Å². The average molecular weight is 493 g/mol. The van der Waals surface area contributed by atoms with Gasteiger partial charge in [0.1, 0.15) is 54.6 Å². The van der Waals surface area contributed by atoms with Gasteiger partial charge in [0.15, 0.2) is 12.6 Å². The number of hydrogen-bond donors (Lipinski definition) is 10. The first-order chi connectivity index (χ1) is 16.0. The van der Waals surface area contributed by atoms with Crippen LogP contribution in [-0.2, 0) is 19.0 Å². The molecular weight excluding hydrogens is 462 g/mol. The molecule has 14 nitrogen and oxygen atoms in total. The van der Waals surface area contributed by atoms with Gasteiger partial charge < -0.3 is 65.5 Å². The minimum Gasteiger partial charge on any atom is -0.508 e. The zero-order valence-electron chi connectivity index (χ0n) is 18.2. The summed E-state index contributed by atoms with van der Waals surface area (Å²) in [6.07, 6.45) is -15.6. The minimum absolute atomic E-state index is 0.115. The Bertz CT molecular complexity index is 761. The van der Waals surface area contributed by atoms with E-state index in [-0.39, 0.29) is 11.7 Å². The second-order valence-electron chi connectivity index (χ2n) is 7.75. The van der Waals surface area contributed by atoms with Crippen LogP contribution in [0.3, 0.4) is 0 Å². The van der Waals surface area contributed by atoms with Gasteiger partial charge in [0.2, 0.25) is 5.91 Å². The maximum Gasteiger partial charge on any atom is 0.221 e. The third-order valence-electron chi connectivity index (χ3n) is 5.17. The molecule has 194 valence electrons. The number of aliphatic hydroxyl groups is 8. The third kappa shape index (κ3) is 7.03. The van der Waals surface area contributed by atoms with Crippen molar-refractivity contribution in [3.63, 3.8) is 0 Å². The quantitative estimate of drug-likeness (QED) is 0.176. The van der Waals surface area contributed by atoms with Crippen LogP contribution in [0.1, 0.15) is 6.92 Å². The van der Waals surface area contributed by atoms with Crippen molar-refractivity contribution in [3.05, 3.63) is 24.3 Å². The molecule has 3 rings (SSSR count). The fourth-order valence-corrected chi connectivity index (χ4v) is 3.32. The highest BCUT2D eigenvalue weighted by Crippen LogP contribution is 2.28. The Kier molecular flexibility index (Phi) is 10.5. The average Bonchev–Trinajstić information content (AvgIpc) is 2.80. The Morgan fingerprint density at radius 2 is 1.44 bits per heavy atom. The number of aliphatic hydroxyl groups excluding tert-OH is 8. The van der Waals surface area contributed by atoms with E-state index in [0.717, 1.165) is 0 Å². The SMILES string of the molecule is CC(=O)Nc1ccc(O)cc1.OC[C@H]1O[C@@H](O[C@H]2[C@H](O)[C@@H](O)C(O)O[C@@H]2CO)[C@H](O)[C@@H](O)[C@H]1O. The highest BCUT2D eigenvalue weighted by atomic mass is 16.7. The predicted octanol–water partition coefficient (Wildman–Crippen LogP) is -4.05. The summed E-state index contributed by atoms with van der Waals surface area (Å²) in [7, 11) is 0. The summed E-state index contributed by atoms with van der Waals surface area (Å²) in [4.78, 5) is 10.5. The molecular formula is C20H31NO13. The lowest BCUT2D eigenvalue weighted by molar-refractivity contribution is -0.355. The second-order valence-corrected chi connectivity index (χ2v) is 7.75. The van der Waals surface area contributed by atoms with Gasteiger partial charge in [-0.1, -0.05) is 0 Å². The van der Waals surface area contributed by atoms with Gasteiger partial charge in [-0.05, 0) is 24.3 Å². The third-order valence-corrected chi connectivity index (χ3v) is 5.17. The molecule has 0 spiro atoms. The second kappa shape index (κ2) is 12.7. The predicted molar refractivity (Wildman–Crippen MR) is 111 cm³/mol. The van der Waals surface area contributed by atoms with E-state index in [9.17, 15) is 40.5 Å². The summed E-state index contributed by atoms with van der Waals surface area (Å²) in [5.74, 6) is 0.0785. The van der Waals surface area contributed by atoms with Crippen LogP contribution >= 0.6 is 0 Å². The fourth-order valence-electron chi connectivity index (χ4n) is 3.32. The van der Waals surface area contributed by atoms with E-state index in [1.54, 1.807) is 12.1 Å². The summed E-state index contributed by atoms with van der Waals surface area (Å²) in [6.45, 7) is 0.0923. The molecule has 0 saturated carbocycles. The zero-order chi connectivity index (χ0) is 25.6. The Morgan fingerprint density at radius 1 is 0.853 bits per heavy atom. The number of aromatic hydroxyl groups is 1. The molecule has 1 amide bonds. The van der Waals surface area contributed by atoms with Gasteiger partial charge in [0, 0.05) is 12.6 Å². The number of nitrogens with one attached hydrogen (secondary N) is 1. The lowest BCUT2D eigenvalue weighted by atomic mass is 9.97. The molecule has 0 aromatic heterocycles. The van der Waals surface area contributed by atoms with Gasteiger partial charge in [-0.3, -0.25) is 4.79 Å². The van der Waals surface area contributed by atoms with Crippen LogP contribution in [0.15, 0.2) is 24.3 Å². The Morgan fingerprint density at radius 3 is 1.97 bits per heavy atom. The molecule has 2 aliphatic rings. The molecule has 1 aromatic rings. The molecule has 2 heterocycles. The summed E-state index contributed by atoms with van der Waals surface area (Å²) in [5.41, 5.74) is 0.690. The summed E-state index contributed by atoms with van der Waals surface area (Å²) < 4.78 is 15.3. The molecule has 2 saturated heterocycles. The first-order valence-corrected chi connectivity index (χ1v) is 10.3. The molecule has 10 atom stereocenters. The molecule has 14 heteroatoms. The number of ether oxygens (including phenoxy) is 3. The van der Waals surface area contributed by atoms with E-state index in [2.05, 4.69) is 5.32 Å². The number of rotatable bonds is 5. The normalized spacial score (nSPS) is 37.9. The molecule has 0 bridgehead atoms. The summed E-state index contributed by atoms with van der Waals surface area (Å²) >= 11 is 0. The van der Waals surface area contributed by atoms with Crippen molar-refractivity contribution in [2.45, 2.75) is 68.3 Å². The number of hydrogen-bond acceptors (Lipinski definition) is 13. The van der Waals surface area contributed by atoms with Crippen molar-refractivity contribution in [1.82, 2.24) is 0 Å². The molecule has 0 aliphatic carbocycles. The highest BCUT2D eigenvalue weighted by Gasteiger charge is 2.50. The molecule has 10 N–H and O–H groups in total. The number of amides is 1. The summed E-state index contributed by atoms with van der Waals surface area (Å²) in [6, 6.07) is 6.31. The van der Waals surface area contributed by atoms with E-state index in [1.165, 1.54) is 19.1 Å². The molecule has 1 aromatic carbocycles. The number of carbonyl (C=O) groups excluding carboxylic acids is 1. The Balaban J connectivity index is 0.000000310. The lowest BCUT2D eigenvalue weighted by Crippen LogP contribution is -2.64. The molecule has 34 heavy (non-hydrogen) atoms. The van der Waals surface area contributed by atoms with E-state index in [0.29, 0.717) is 5.69 Å². The van der Waals surface area contributed by atoms with Crippen molar-refractivity contribution in [3.8, 4) is 5.75 Å². The van der Waals surface area contributed by atoms with Crippen molar-refractivity contribution in [2.24, 2.45) is 0 Å². The van der Waals surface area contributed by atoms with Gasteiger partial charge in [-0.2, -0.15) is 0 Å². The van der Waals surface area contributed by atoms with Crippen LogP contribution in [0.4, 0.5) is 5.69 Å². The van der Waals surface area contributed by atoms with E-state index >= 15 is 0 Å².